The lowest BCUT2D eigenvalue weighted by Gasteiger charge is -2.33. The minimum atomic E-state index is -2.96. The minimum absolute atomic E-state index is 0.143. The molecule has 0 radical (unpaired) electrons. The highest BCUT2D eigenvalue weighted by Gasteiger charge is 2.24. The van der Waals surface area contributed by atoms with Crippen molar-refractivity contribution >= 4 is 55.4 Å². The second-order valence-electron chi connectivity index (χ2n) is 9.41. The lowest BCUT2D eigenvalue weighted by molar-refractivity contribution is 0.194. The Morgan fingerprint density at radius 3 is 2.73 bits per heavy atom. The Labute approximate surface area is 213 Å². The van der Waals surface area contributed by atoms with E-state index >= 15 is 0 Å². The van der Waals surface area contributed by atoms with Gasteiger partial charge in [-0.25, -0.2) is 18.2 Å². The van der Waals surface area contributed by atoms with E-state index in [0.29, 0.717) is 52.2 Å². The molecule has 0 bridgehead atoms. The molecule has 1 aromatic carbocycles. The second-order valence-corrected chi connectivity index (χ2v) is 11.7. The number of sulfone groups is 1. The van der Waals surface area contributed by atoms with Crippen LogP contribution in [0.25, 0.3) is 22.0 Å². The standard InChI is InChI=1S/C24H29N7O5S/c1-15-18-4-3-17(13-20(18)31(29-15)24(32)33)26-23-27-19-7-11-36-21(19)22(28-23)30-9-5-16(6-10-30)14-25-8-12-37(2,34)35/h3-4,7,11,13,16,25H,5-6,8-10,12,14H2,1-2H3,(H,32,33)(H,26,27,28). The molecule has 3 N–H and O–H groups in total. The number of nitrogens with zero attached hydrogens (tertiary/aromatic N) is 5. The summed E-state index contributed by atoms with van der Waals surface area (Å²) in [5.74, 6) is 1.68. The molecule has 37 heavy (non-hydrogen) atoms. The van der Waals surface area contributed by atoms with Crippen LogP contribution in [0.15, 0.2) is 34.9 Å². The number of anilines is 3. The van der Waals surface area contributed by atoms with Gasteiger partial charge in [0.25, 0.3) is 0 Å². The highest BCUT2D eigenvalue weighted by molar-refractivity contribution is 7.90. The van der Waals surface area contributed by atoms with Crippen molar-refractivity contribution in [3.05, 3.63) is 36.2 Å². The molecule has 0 atom stereocenters. The molecule has 1 aliphatic rings. The van der Waals surface area contributed by atoms with Crippen LogP contribution < -0.4 is 15.5 Å². The van der Waals surface area contributed by atoms with Gasteiger partial charge in [0.1, 0.15) is 15.4 Å². The van der Waals surface area contributed by atoms with Crippen LogP contribution in [-0.4, -0.2) is 77.6 Å². The van der Waals surface area contributed by atoms with Crippen LogP contribution in [0.4, 0.5) is 22.2 Å². The van der Waals surface area contributed by atoms with Crippen molar-refractivity contribution in [2.45, 2.75) is 19.8 Å². The molecule has 3 aromatic heterocycles. The van der Waals surface area contributed by atoms with Gasteiger partial charge < -0.3 is 25.1 Å². The van der Waals surface area contributed by atoms with Crippen LogP contribution in [-0.2, 0) is 9.84 Å². The molecule has 1 fully saturated rings. The molecule has 0 aliphatic carbocycles. The Morgan fingerprint density at radius 1 is 1.22 bits per heavy atom. The topological polar surface area (TPSA) is 155 Å². The van der Waals surface area contributed by atoms with Gasteiger partial charge in [0.05, 0.1) is 23.2 Å². The van der Waals surface area contributed by atoms with Crippen molar-refractivity contribution in [1.29, 1.82) is 0 Å². The molecular formula is C24H29N7O5S. The van der Waals surface area contributed by atoms with Gasteiger partial charge in [-0.2, -0.15) is 14.8 Å². The summed E-state index contributed by atoms with van der Waals surface area (Å²) in [5.41, 5.74) is 3.04. The molecule has 0 unspecified atom stereocenters. The normalized spacial score (nSPS) is 15.0. The van der Waals surface area contributed by atoms with Crippen LogP contribution in [0.5, 0.6) is 0 Å². The third-order valence-corrected chi connectivity index (χ3v) is 7.53. The Kier molecular flexibility index (Phi) is 6.73. The van der Waals surface area contributed by atoms with E-state index in [-0.39, 0.29) is 5.75 Å². The van der Waals surface area contributed by atoms with Crippen LogP contribution >= 0.6 is 0 Å². The van der Waals surface area contributed by atoms with E-state index in [9.17, 15) is 18.3 Å². The number of rotatable bonds is 8. The summed E-state index contributed by atoms with van der Waals surface area (Å²) in [4.78, 5) is 23.1. The number of fused-ring (bicyclic) bond motifs is 2. The second kappa shape index (κ2) is 9.98. The van der Waals surface area contributed by atoms with Gasteiger partial charge in [-0.1, -0.05) is 0 Å². The van der Waals surface area contributed by atoms with E-state index in [1.165, 1.54) is 6.26 Å². The zero-order valence-electron chi connectivity index (χ0n) is 20.6. The molecule has 13 heteroatoms. The Bertz CT molecular complexity index is 1550. The first kappa shape index (κ1) is 25.0. The van der Waals surface area contributed by atoms with E-state index in [0.717, 1.165) is 42.5 Å². The summed E-state index contributed by atoms with van der Waals surface area (Å²) in [5, 5.41) is 20.8. The Balaban J connectivity index is 1.31. The van der Waals surface area contributed by atoms with Gasteiger partial charge in [-0.05, 0) is 50.4 Å². The first-order valence-electron chi connectivity index (χ1n) is 12.1. The SMILES string of the molecule is Cc1nn(C(=O)O)c2cc(Nc3nc(N4CCC(CNCCS(C)(=O)=O)CC4)c4occc4n3)ccc12. The average Bonchev–Trinajstić information content (AvgIpc) is 3.45. The van der Waals surface area contributed by atoms with Gasteiger partial charge in [0.15, 0.2) is 11.4 Å². The molecule has 5 rings (SSSR count). The summed E-state index contributed by atoms with van der Waals surface area (Å²) < 4.78 is 29.3. The van der Waals surface area contributed by atoms with Crippen LogP contribution in [0.2, 0.25) is 0 Å². The van der Waals surface area contributed by atoms with E-state index in [2.05, 4.69) is 25.6 Å². The predicted octanol–water partition coefficient (Wildman–Crippen LogP) is 3.00. The molecule has 4 aromatic rings. The number of aromatic nitrogens is 4. The van der Waals surface area contributed by atoms with Crippen molar-refractivity contribution in [1.82, 2.24) is 25.1 Å². The highest BCUT2D eigenvalue weighted by atomic mass is 32.2. The zero-order chi connectivity index (χ0) is 26.2. The Morgan fingerprint density at radius 2 is 2.00 bits per heavy atom. The number of benzene rings is 1. The maximum Gasteiger partial charge on any atom is 0.432 e. The quantitative estimate of drug-likeness (QED) is 0.290. The van der Waals surface area contributed by atoms with Gasteiger partial charge in [0.2, 0.25) is 5.95 Å². The van der Waals surface area contributed by atoms with Gasteiger partial charge in [-0.3, -0.25) is 0 Å². The first-order chi connectivity index (χ1) is 17.7. The van der Waals surface area contributed by atoms with Crippen molar-refractivity contribution in [3.8, 4) is 0 Å². The van der Waals surface area contributed by atoms with E-state index in [4.69, 9.17) is 9.40 Å². The molecule has 4 heterocycles. The number of carboxylic acid groups (broad SMARTS) is 1. The van der Waals surface area contributed by atoms with Gasteiger partial charge >= 0.3 is 6.09 Å². The largest absolute Gasteiger partial charge is 0.463 e. The molecule has 0 saturated carbocycles. The number of furan rings is 1. The number of hydrogen-bond donors (Lipinski definition) is 3. The van der Waals surface area contributed by atoms with Crippen molar-refractivity contribution in [2.75, 3.05) is 48.4 Å². The lowest BCUT2D eigenvalue weighted by atomic mass is 9.97. The van der Waals surface area contributed by atoms with Crippen molar-refractivity contribution < 1.29 is 22.7 Å². The zero-order valence-corrected chi connectivity index (χ0v) is 21.5. The first-order valence-corrected chi connectivity index (χ1v) is 14.1. The fourth-order valence-corrected chi connectivity index (χ4v) is 5.17. The molecule has 196 valence electrons. The fraction of sp³-hybridized carbons (Fsp3) is 0.417. The maximum atomic E-state index is 11.6. The molecule has 0 amide bonds. The molecule has 12 nitrogen and oxygen atoms in total. The van der Waals surface area contributed by atoms with Gasteiger partial charge in [0, 0.05) is 43.0 Å². The number of aryl methyl sites for hydroxylation is 1. The molecule has 0 spiro atoms. The maximum absolute atomic E-state index is 11.6. The fourth-order valence-electron chi connectivity index (χ4n) is 4.65. The smallest absolute Gasteiger partial charge is 0.432 e. The summed E-state index contributed by atoms with van der Waals surface area (Å²) in [7, 11) is -2.96. The van der Waals surface area contributed by atoms with E-state index < -0.39 is 15.9 Å². The summed E-state index contributed by atoms with van der Waals surface area (Å²) in [6.45, 7) is 4.59. The minimum Gasteiger partial charge on any atom is -0.463 e. The summed E-state index contributed by atoms with van der Waals surface area (Å²) in [6, 6.07) is 7.17. The molecular weight excluding hydrogens is 498 g/mol. The molecule has 1 saturated heterocycles. The van der Waals surface area contributed by atoms with Crippen molar-refractivity contribution in [2.24, 2.45) is 5.92 Å². The number of piperidine rings is 1. The van der Waals surface area contributed by atoms with Gasteiger partial charge in [-0.15, -0.1) is 0 Å². The summed E-state index contributed by atoms with van der Waals surface area (Å²) >= 11 is 0. The predicted molar refractivity (Wildman–Crippen MR) is 140 cm³/mol. The van der Waals surface area contributed by atoms with E-state index in [1.807, 2.05) is 12.1 Å². The van der Waals surface area contributed by atoms with Crippen LogP contribution in [0.3, 0.4) is 0 Å². The number of nitrogens with one attached hydrogen (secondary N) is 2. The van der Waals surface area contributed by atoms with Crippen molar-refractivity contribution in [3.63, 3.8) is 0 Å². The lowest BCUT2D eigenvalue weighted by Crippen LogP contribution is -2.38. The third-order valence-electron chi connectivity index (χ3n) is 6.59. The van der Waals surface area contributed by atoms with Crippen LogP contribution in [0.1, 0.15) is 18.5 Å². The third kappa shape index (κ3) is 5.52. The highest BCUT2D eigenvalue weighted by Crippen LogP contribution is 2.31. The number of carbonyl (C=O) groups is 1. The van der Waals surface area contributed by atoms with Crippen LogP contribution in [0, 0.1) is 12.8 Å². The monoisotopic (exact) mass is 527 g/mol. The number of hydrogen-bond acceptors (Lipinski definition) is 10. The molecule has 1 aliphatic heterocycles. The summed E-state index contributed by atoms with van der Waals surface area (Å²) in [6.07, 6.45) is 3.57. The Hall–Kier alpha value is -3.71. The van der Waals surface area contributed by atoms with E-state index in [1.54, 1.807) is 25.3 Å². The average molecular weight is 528 g/mol.